The Morgan fingerprint density at radius 3 is 2.57 bits per heavy atom. The maximum absolute atomic E-state index is 6.75. The fourth-order valence-corrected chi connectivity index (χ4v) is 9.59. The molecule has 5 fully saturated rings. The van der Waals surface area contributed by atoms with Crippen LogP contribution in [0.2, 0.25) is 0 Å². The standard InChI is InChI=1S/C27H48N2O/c1-6-16(2)15-29-25-17(3)24-23(30-25)14-22-20-8-7-18-13-19(28)9-11-26(18,4)21(20)10-12-27(22,24)5/h16-25,29H,6-15,28H2,1-5H3/t16-,17?,18?,19?,20?,21?,22?,23?,24?,25?,26?,27?/m0/s1. The van der Waals surface area contributed by atoms with Crippen molar-refractivity contribution in [2.45, 2.75) is 111 Å². The van der Waals surface area contributed by atoms with E-state index >= 15 is 0 Å². The molecule has 0 amide bonds. The quantitative estimate of drug-likeness (QED) is 0.629. The van der Waals surface area contributed by atoms with Gasteiger partial charge in [0, 0.05) is 18.5 Å². The zero-order valence-electron chi connectivity index (χ0n) is 20.3. The Morgan fingerprint density at radius 1 is 1.03 bits per heavy atom. The number of nitrogens with one attached hydrogen (secondary N) is 1. The summed E-state index contributed by atoms with van der Waals surface area (Å²) < 4.78 is 6.75. The molecule has 0 bridgehead atoms. The number of hydrogen-bond acceptors (Lipinski definition) is 3. The molecule has 0 aromatic heterocycles. The molecule has 0 radical (unpaired) electrons. The third kappa shape index (κ3) is 3.16. The highest BCUT2D eigenvalue weighted by Crippen LogP contribution is 2.69. The van der Waals surface area contributed by atoms with Crippen molar-refractivity contribution in [1.29, 1.82) is 0 Å². The van der Waals surface area contributed by atoms with Crippen molar-refractivity contribution in [3.63, 3.8) is 0 Å². The van der Waals surface area contributed by atoms with Crippen molar-refractivity contribution >= 4 is 0 Å². The molecule has 12 atom stereocenters. The molecular formula is C27H48N2O. The summed E-state index contributed by atoms with van der Waals surface area (Å²) in [5.74, 6) is 5.78. The molecule has 0 spiro atoms. The zero-order chi connectivity index (χ0) is 21.3. The first-order chi connectivity index (χ1) is 14.3. The van der Waals surface area contributed by atoms with E-state index in [9.17, 15) is 0 Å². The molecular weight excluding hydrogens is 368 g/mol. The van der Waals surface area contributed by atoms with Gasteiger partial charge < -0.3 is 10.5 Å². The molecule has 1 heterocycles. The van der Waals surface area contributed by atoms with Crippen LogP contribution in [0.4, 0.5) is 0 Å². The highest BCUT2D eigenvalue weighted by molar-refractivity contribution is 5.14. The van der Waals surface area contributed by atoms with E-state index in [0.29, 0.717) is 28.9 Å². The van der Waals surface area contributed by atoms with Crippen LogP contribution in [0.3, 0.4) is 0 Å². The Bertz CT molecular complexity index is 638. The molecule has 3 N–H and O–H groups in total. The lowest BCUT2D eigenvalue weighted by molar-refractivity contribution is -0.117. The van der Waals surface area contributed by atoms with Gasteiger partial charge in [0.1, 0.15) is 6.23 Å². The fourth-order valence-electron chi connectivity index (χ4n) is 9.59. The molecule has 30 heavy (non-hydrogen) atoms. The maximum atomic E-state index is 6.75. The van der Waals surface area contributed by atoms with Gasteiger partial charge in [-0.3, -0.25) is 5.32 Å². The van der Waals surface area contributed by atoms with Gasteiger partial charge in [0.15, 0.2) is 0 Å². The summed E-state index contributed by atoms with van der Waals surface area (Å²) in [7, 11) is 0. The zero-order valence-corrected chi connectivity index (χ0v) is 20.3. The smallest absolute Gasteiger partial charge is 0.111 e. The van der Waals surface area contributed by atoms with Gasteiger partial charge in [0.2, 0.25) is 0 Å². The summed E-state index contributed by atoms with van der Waals surface area (Å²) >= 11 is 0. The van der Waals surface area contributed by atoms with E-state index in [1.807, 2.05) is 0 Å². The summed E-state index contributed by atoms with van der Waals surface area (Å²) in [4.78, 5) is 0. The van der Waals surface area contributed by atoms with Gasteiger partial charge in [-0.2, -0.15) is 0 Å². The van der Waals surface area contributed by atoms with Crippen LogP contribution in [0, 0.1) is 52.3 Å². The third-order valence-corrected chi connectivity index (χ3v) is 11.5. The third-order valence-electron chi connectivity index (χ3n) is 11.5. The van der Waals surface area contributed by atoms with Crippen LogP contribution in [-0.2, 0) is 4.74 Å². The number of fused-ring (bicyclic) bond motifs is 7. The van der Waals surface area contributed by atoms with Crippen LogP contribution in [0.25, 0.3) is 0 Å². The predicted molar refractivity (Wildman–Crippen MR) is 124 cm³/mol. The number of nitrogens with two attached hydrogens (primary N) is 1. The van der Waals surface area contributed by atoms with Crippen LogP contribution in [0.15, 0.2) is 0 Å². The Hall–Kier alpha value is -0.120. The van der Waals surface area contributed by atoms with E-state index in [-0.39, 0.29) is 6.23 Å². The van der Waals surface area contributed by atoms with E-state index in [1.54, 1.807) is 0 Å². The van der Waals surface area contributed by atoms with E-state index < -0.39 is 0 Å². The Morgan fingerprint density at radius 2 is 1.80 bits per heavy atom. The van der Waals surface area contributed by atoms with Gasteiger partial charge >= 0.3 is 0 Å². The Labute approximate surface area is 185 Å². The first kappa shape index (κ1) is 21.7. The second-order valence-corrected chi connectivity index (χ2v) is 12.9. The average molecular weight is 417 g/mol. The topological polar surface area (TPSA) is 47.3 Å². The molecule has 5 rings (SSSR count). The first-order valence-electron chi connectivity index (χ1n) is 13.4. The molecule has 0 aromatic carbocycles. The van der Waals surface area contributed by atoms with Gasteiger partial charge in [0.25, 0.3) is 0 Å². The first-order valence-corrected chi connectivity index (χ1v) is 13.4. The van der Waals surface area contributed by atoms with E-state index in [1.165, 1.54) is 57.8 Å². The molecule has 172 valence electrons. The van der Waals surface area contributed by atoms with Crippen molar-refractivity contribution < 1.29 is 4.74 Å². The minimum atomic E-state index is 0.276. The van der Waals surface area contributed by atoms with Crippen molar-refractivity contribution in [1.82, 2.24) is 5.32 Å². The van der Waals surface area contributed by atoms with Gasteiger partial charge in [-0.25, -0.2) is 0 Å². The van der Waals surface area contributed by atoms with Crippen LogP contribution in [0.5, 0.6) is 0 Å². The summed E-state index contributed by atoms with van der Waals surface area (Å²) in [6.45, 7) is 13.5. The predicted octanol–water partition coefficient (Wildman–Crippen LogP) is 5.58. The molecule has 3 nitrogen and oxygen atoms in total. The molecule has 1 aliphatic heterocycles. The van der Waals surface area contributed by atoms with E-state index in [0.717, 1.165) is 42.1 Å². The number of rotatable bonds is 4. The summed E-state index contributed by atoms with van der Waals surface area (Å²) in [6, 6.07) is 0.466. The Kier molecular flexibility index (Phi) is 5.60. The normalized spacial score (nSPS) is 56.0. The molecule has 4 saturated carbocycles. The average Bonchev–Trinajstić information content (AvgIpc) is 3.20. The second-order valence-electron chi connectivity index (χ2n) is 12.9. The van der Waals surface area contributed by atoms with Crippen LogP contribution >= 0.6 is 0 Å². The monoisotopic (exact) mass is 416 g/mol. The minimum absolute atomic E-state index is 0.276. The van der Waals surface area contributed by atoms with Crippen LogP contribution in [0.1, 0.15) is 92.4 Å². The molecule has 5 aliphatic rings. The van der Waals surface area contributed by atoms with E-state index in [2.05, 4.69) is 39.9 Å². The summed E-state index contributed by atoms with van der Waals surface area (Å²) in [5.41, 5.74) is 7.45. The van der Waals surface area contributed by atoms with E-state index in [4.69, 9.17) is 10.5 Å². The van der Waals surface area contributed by atoms with Gasteiger partial charge in [-0.1, -0.05) is 41.0 Å². The highest BCUT2D eigenvalue weighted by atomic mass is 16.5. The van der Waals surface area contributed by atoms with Crippen molar-refractivity contribution in [2.75, 3.05) is 6.54 Å². The van der Waals surface area contributed by atoms with Crippen molar-refractivity contribution in [2.24, 2.45) is 58.0 Å². The number of hydrogen-bond donors (Lipinski definition) is 2. The van der Waals surface area contributed by atoms with Crippen LogP contribution in [-0.4, -0.2) is 24.9 Å². The highest BCUT2D eigenvalue weighted by Gasteiger charge is 2.65. The fraction of sp³-hybridized carbons (Fsp3) is 1.00. The summed E-state index contributed by atoms with van der Waals surface area (Å²) in [6.07, 6.45) is 13.0. The van der Waals surface area contributed by atoms with Crippen molar-refractivity contribution in [3.8, 4) is 0 Å². The van der Waals surface area contributed by atoms with Gasteiger partial charge in [-0.15, -0.1) is 0 Å². The van der Waals surface area contributed by atoms with Crippen LogP contribution < -0.4 is 11.1 Å². The lowest BCUT2D eigenvalue weighted by atomic mass is 9.44. The molecule has 1 saturated heterocycles. The Balaban J connectivity index is 1.32. The van der Waals surface area contributed by atoms with Gasteiger partial charge in [-0.05, 0) is 97.7 Å². The second kappa shape index (κ2) is 7.73. The minimum Gasteiger partial charge on any atom is -0.360 e. The molecule has 4 aliphatic carbocycles. The van der Waals surface area contributed by atoms with Gasteiger partial charge in [0.05, 0.1) is 6.10 Å². The lowest BCUT2D eigenvalue weighted by Crippen LogP contribution is -2.55. The largest absolute Gasteiger partial charge is 0.360 e. The van der Waals surface area contributed by atoms with Crippen molar-refractivity contribution in [3.05, 3.63) is 0 Å². The maximum Gasteiger partial charge on any atom is 0.111 e. The SMILES string of the molecule is CC[C@H](C)CNC1OC2CC3C4CCC5CC(N)CCC5(C)C4CCC3(C)C2C1C. The molecule has 3 heteroatoms. The summed E-state index contributed by atoms with van der Waals surface area (Å²) in [5, 5.41) is 3.79. The number of ether oxygens (including phenoxy) is 1. The molecule has 11 unspecified atom stereocenters. The lowest BCUT2D eigenvalue weighted by Gasteiger charge is -2.61. The molecule has 0 aromatic rings.